The van der Waals surface area contributed by atoms with Gasteiger partial charge in [0.2, 0.25) is 0 Å². The number of aliphatic hydroxyl groups excluding tert-OH is 1. The molecular formula is C14H21NO3. The highest BCUT2D eigenvalue weighted by molar-refractivity contribution is 5.44. The molecule has 100 valence electrons. The first-order valence-corrected chi connectivity index (χ1v) is 6.53. The van der Waals surface area contributed by atoms with E-state index in [1.807, 2.05) is 6.07 Å². The zero-order valence-corrected chi connectivity index (χ0v) is 10.8. The maximum absolute atomic E-state index is 9.55. The van der Waals surface area contributed by atoms with E-state index in [9.17, 15) is 5.11 Å². The van der Waals surface area contributed by atoms with E-state index in [-0.39, 0.29) is 18.3 Å². The van der Waals surface area contributed by atoms with Crippen molar-refractivity contribution in [2.24, 2.45) is 0 Å². The number of benzene rings is 1. The van der Waals surface area contributed by atoms with Gasteiger partial charge in [-0.15, -0.1) is 0 Å². The number of phenols is 1. The highest BCUT2D eigenvalue weighted by Crippen LogP contribution is 2.36. The number of aliphatic hydroxyl groups is 1. The Morgan fingerprint density at radius 3 is 2.94 bits per heavy atom. The Labute approximate surface area is 108 Å². The summed E-state index contributed by atoms with van der Waals surface area (Å²) in [5, 5.41) is 18.6. The van der Waals surface area contributed by atoms with Gasteiger partial charge in [0, 0.05) is 24.6 Å². The Kier molecular flexibility index (Phi) is 4.44. The second-order valence-electron chi connectivity index (χ2n) is 4.75. The number of ether oxygens (including phenoxy) is 1. The summed E-state index contributed by atoms with van der Waals surface area (Å²) in [6.07, 6.45) is 1.07. The first-order valence-electron chi connectivity index (χ1n) is 6.53. The summed E-state index contributed by atoms with van der Waals surface area (Å²) < 4.78 is 5.62. The normalized spacial score (nSPS) is 17.8. The van der Waals surface area contributed by atoms with Crippen LogP contribution in [0.4, 0.5) is 0 Å². The van der Waals surface area contributed by atoms with E-state index in [1.54, 1.807) is 12.1 Å². The van der Waals surface area contributed by atoms with Crippen molar-refractivity contribution in [3.8, 4) is 11.5 Å². The van der Waals surface area contributed by atoms with E-state index < -0.39 is 0 Å². The Morgan fingerprint density at radius 1 is 1.39 bits per heavy atom. The van der Waals surface area contributed by atoms with Crippen LogP contribution in [0.2, 0.25) is 0 Å². The minimum Gasteiger partial charge on any atom is -0.508 e. The van der Waals surface area contributed by atoms with Crippen molar-refractivity contribution in [3.05, 3.63) is 23.8 Å². The minimum atomic E-state index is 0.181. The Balaban J connectivity index is 2.05. The quantitative estimate of drug-likeness (QED) is 0.806. The fourth-order valence-electron chi connectivity index (χ4n) is 2.48. The van der Waals surface area contributed by atoms with Gasteiger partial charge in [-0.05, 0) is 31.2 Å². The highest BCUT2D eigenvalue weighted by atomic mass is 16.5. The van der Waals surface area contributed by atoms with Crippen LogP contribution in [0, 0.1) is 0 Å². The van der Waals surface area contributed by atoms with Crippen LogP contribution in [0.5, 0.6) is 11.5 Å². The first kappa shape index (κ1) is 13.2. The fourth-order valence-corrected chi connectivity index (χ4v) is 2.48. The number of rotatable bonds is 6. The van der Waals surface area contributed by atoms with Gasteiger partial charge in [0.1, 0.15) is 11.5 Å². The Hall–Kier alpha value is -1.26. The molecule has 0 aromatic heterocycles. The molecule has 1 aromatic rings. The second-order valence-corrected chi connectivity index (χ2v) is 4.75. The van der Waals surface area contributed by atoms with E-state index in [2.05, 4.69) is 11.8 Å². The molecule has 2 N–H and O–H groups in total. The number of aromatic hydroxyl groups is 1. The van der Waals surface area contributed by atoms with Gasteiger partial charge < -0.3 is 19.8 Å². The summed E-state index contributed by atoms with van der Waals surface area (Å²) >= 11 is 0. The van der Waals surface area contributed by atoms with Gasteiger partial charge in [0.15, 0.2) is 0 Å². The molecule has 0 saturated heterocycles. The lowest BCUT2D eigenvalue weighted by Crippen LogP contribution is -2.32. The number of phenolic OH excluding ortho intramolecular Hbond substituents is 1. The summed E-state index contributed by atoms with van der Waals surface area (Å²) in [6, 6.07) is 5.26. The SMILES string of the molecule is CCCN(CCO)CC1COc2ccc(O)cc21. The largest absolute Gasteiger partial charge is 0.508 e. The molecule has 1 aliphatic heterocycles. The summed E-state index contributed by atoms with van der Waals surface area (Å²) in [7, 11) is 0. The molecule has 0 amide bonds. The number of hydrogen-bond donors (Lipinski definition) is 2. The lowest BCUT2D eigenvalue weighted by atomic mass is 10.0. The number of fused-ring (bicyclic) bond motifs is 1. The van der Waals surface area contributed by atoms with Gasteiger partial charge >= 0.3 is 0 Å². The lowest BCUT2D eigenvalue weighted by Gasteiger charge is -2.23. The van der Waals surface area contributed by atoms with E-state index in [0.717, 1.165) is 30.8 Å². The van der Waals surface area contributed by atoms with Crippen LogP contribution in [0.25, 0.3) is 0 Å². The molecule has 0 bridgehead atoms. The van der Waals surface area contributed by atoms with E-state index in [1.165, 1.54) is 0 Å². The molecule has 1 unspecified atom stereocenters. The van der Waals surface area contributed by atoms with E-state index in [0.29, 0.717) is 13.2 Å². The molecule has 1 atom stereocenters. The van der Waals surface area contributed by atoms with Crippen molar-refractivity contribution < 1.29 is 14.9 Å². The third kappa shape index (κ3) is 2.94. The topological polar surface area (TPSA) is 52.9 Å². The van der Waals surface area contributed by atoms with Gasteiger partial charge in [-0.2, -0.15) is 0 Å². The molecule has 0 spiro atoms. The molecule has 4 heteroatoms. The molecule has 2 rings (SSSR count). The molecule has 18 heavy (non-hydrogen) atoms. The summed E-state index contributed by atoms with van der Waals surface area (Å²) in [4.78, 5) is 2.24. The van der Waals surface area contributed by atoms with Gasteiger partial charge in [-0.1, -0.05) is 6.92 Å². The maximum atomic E-state index is 9.55. The van der Waals surface area contributed by atoms with Crippen LogP contribution in [0.15, 0.2) is 18.2 Å². The second kappa shape index (κ2) is 6.07. The third-order valence-electron chi connectivity index (χ3n) is 3.31. The predicted molar refractivity (Wildman–Crippen MR) is 70.2 cm³/mol. The summed E-state index contributed by atoms with van der Waals surface area (Å²) in [5.74, 6) is 1.44. The van der Waals surface area contributed by atoms with Crippen molar-refractivity contribution in [2.45, 2.75) is 19.3 Å². The fraction of sp³-hybridized carbons (Fsp3) is 0.571. The zero-order chi connectivity index (χ0) is 13.0. The van der Waals surface area contributed by atoms with Crippen LogP contribution in [0.3, 0.4) is 0 Å². The van der Waals surface area contributed by atoms with Crippen LogP contribution < -0.4 is 4.74 Å². The molecule has 0 aliphatic carbocycles. The van der Waals surface area contributed by atoms with Crippen LogP contribution in [-0.4, -0.2) is 48.0 Å². The summed E-state index contributed by atoms with van der Waals surface area (Å²) in [6.45, 7) is 5.51. The average Bonchev–Trinajstić information content (AvgIpc) is 2.73. The van der Waals surface area contributed by atoms with Crippen molar-refractivity contribution >= 4 is 0 Å². The van der Waals surface area contributed by atoms with Crippen molar-refractivity contribution in [1.82, 2.24) is 4.90 Å². The molecule has 0 fully saturated rings. The molecule has 1 heterocycles. The van der Waals surface area contributed by atoms with Crippen LogP contribution in [-0.2, 0) is 0 Å². The Bertz CT molecular complexity index is 389. The van der Waals surface area contributed by atoms with E-state index >= 15 is 0 Å². The molecule has 0 radical (unpaired) electrons. The maximum Gasteiger partial charge on any atom is 0.123 e. The standard InChI is InChI=1S/C14H21NO3/c1-2-5-15(6-7-16)9-11-10-18-14-4-3-12(17)8-13(11)14/h3-4,8,11,16-17H,2,5-7,9-10H2,1H3. The lowest BCUT2D eigenvalue weighted by molar-refractivity contribution is 0.180. The van der Waals surface area contributed by atoms with Gasteiger partial charge in [0.25, 0.3) is 0 Å². The predicted octanol–water partition coefficient (Wildman–Crippen LogP) is 1.57. The molecule has 1 aromatic carbocycles. The molecular weight excluding hydrogens is 230 g/mol. The van der Waals surface area contributed by atoms with Crippen LogP contribution >= 0.6 is 0 Å². The first-order chi connectivity index (χ1) is 8.74. The zero-order valence-electron chi connectivity index (χ0n) is 10.8. The molecule has 4 nitrogen and oxygen atoms in total. The van der Waals surface area contributed by atoms with Crippen molar-refractivity contribution in [2.75, 3.05) is 32.8 Å². The van der Waals surface area contributed by atoms with Gasteiger partial charge in [-0.25, -0.2) is 0 Å². The number of hydrogen-bond acceptors (Lipinski definition) is 4. The smallest absolute Gasteiger partial charge is 0.123 e. The van der Waals surface area contributed by atoms with Gasteiger partial charge in [0.05, 0.1) is 13.2 Å². The highest BCUT2D eigenvalue weighted by Gasteiger charge is 2.26. The third-order valence-corrected chi connectivity index (χ3v) is 3.31. The van der Waals surface area contributed by atoms with Crippen molar-refractivity contribution in [3.63, 3.8) is 0 Å². The molecule has 0 saturated carbocycles. The van der Waals surface area contributed by atoms with Gasteiger partial charge in [-0.3, -0.25) is 0 Å². The average molecular weight is 251 g/mol. The van der Waals surface area contributed by atoms with Crippen molar-refractivity contribution in [1.29, 1.82) is 0 Å². The van der Waals surface area contributed by atoms with Crippen LogP contribution in [0.1, 0.15) is 24.8 Å². The monoisotopic (exact) mass is 251 g/mol. The Morgan fingerprint density at radius 2 is 2.22 bits per heavy atom. The summed E-state index contributed by atoms with van der Waals surface area (Å²) in [5.41, 5.74) is 1.08. The van der Waals surface area contributed by atoms with E-state index in [4.69, 9.17) is 9.84 Å². The molecule has 1 aliphatic rings. The minimum absolute atomic E-state index is 0.181. The number of nitrogens with zero attached hydrogens (tertiary/aromatic N) is 1.